The number of thiophene rings is 1. The second-order valence-corrected chi connectivity index (χ2v) is 5.33. The van der Waals surface area contributed by atoms with E-state index in [0.717, 1.165) is 10.4 Å². The Hall–Kier alpha value is -1.33. The maximum atomic E-state index is 13.9. The van der Waals surface area contributed by atoms with Crippen LogP contribution in [0.4, 0.5) is 8.78 Å². The van der Waals surface area contributed by atoms with Crippen molar-refractivity contribution in [1.29, 1.82) is 0 Å². The first-order valence-electron chi connectivity index (χ1n) is 4.94. The molecule has 17 heavy (non-hydrogen) atoms. The second kappa shape index (κ2) is 3.85. The summed E-state index contributed by atoms with van der Waals surface area (Å²) in [6.45, 7) is 1.93. The summed E-state index contributed by atoms with van der Waals surface area (Å²) in [6.07, 6.45) is 0. The molecule has 0 aliphatic rings. The topological polar surface area (TPSA) is 12.9 Å². The molecule has 3 rings (SSSR count). The Labute approximate surface area is 105 Å². The predicted molar refractivity (Wildman–Crippen MR) is 67.6 cm³/mol. The Balaban J connectivity index is 2.40. The van der Waals surface area contributed by atoms with Gasteiger partial charge in [0.15, 0.2) is 11.6 Å². The zero-order valence-corrected chi connectivity index (χ0v) is 10.5. The van der Waals surface area contributed by atoms with Crippen molar-refractivity contribution in [1.82, 2.24) is 4.37 Å². The summed E-state index contributed by atoms with van der Waals surface area (Å²) < 4.78 is 31.5. The molecule has 0 aliphatic heterocycles. The second-order valence-electron chi connectivity index (χ2n) is 3.79. The molecule has 2 aromatic heterocycles. The van der Waals surface area contributed by atoms with E-state index in [1.165, 1.54) is 28.9 Å². The number of hydrogen-bond acceptors (Lipinski definition) is 3. The number of fused-ring (bicyclic) bond motifs is 1. The molecule has 5 heteroatoms. The summed E-state index contributed by atoms with van der Waals surface area (Å²) in [5.74, 6) is -1.64. The smallest absolute Gasteiger partial charge is 0.169 e. The van der Waals surface area contributed by atoms with Gasteiger partial charge < -0.3 is 0 Å². The lowest BCUT2D eigenvalue weighted by atomic mass is 10.1. The van der Waals surface area contributed by atoms with E-state index < -0.39 is 11.6 Å². The summed E-state index contributed by atoms with van der Waals surface area (Å²) in [7, 11) is 0. The molecule has 1 nitrogen and oxygen atoms in total. The van der Waals surface area contributed by atoms with Gasteiger partial charge in [0, 0.05) is 15.6 Å². The fraction of sp³-hybridized carbons (Fsp3) is 0.0833. The molecule has 86 valence electrons. The van der Waals surface area contributed by atoms with Crippen molar-refractivity contribution < 1.29 is 8.78 Å². The van der Waals surface area contributed by atoms with Gasteiger partial charge in [-0.25, -0.2) is 8.78 Å². The number of aromatic nitrogens is 1. The third-order valence-electron chi connectivity index (χ3n) is 2.52. The van der Waals surface area contributed by atoms with Crippen molar-refractivity contribution in [3.05, 3.63) is 40.1 Å². The van der Waals surface area contributed by atoms with Gasteiger partial charge in [0.25, 0.3) is 0 Å². The van der Waals surface area contributed by atoms with E-state index in [-0.39, 0.29) is 5.56 Å². The molecule has 0 aliphatic carbocycles. The lowest BCUT2D eigenvalue weighted by molar-refractivity contribution is 0.513. The van der Waals surface area contributed by atoms with Gasteiger partial charge in [-0.05, 0) is 41.5 Å². The predicted octanol–water partition coefficient (Wildman–Crippen LogP) is 4.61. The summed E-state index contributed by atoms with van der Waals surface area (Å²) in [4.78, 5) is 0.718. The Kier molecular flexibility index (Phi) is 2.45. The fourth-order valence-corrected chi connectivity index (χ4v) is 3.33. The van der Waals surface area contributed by atoms with Crippen molar-refractivity contribution in [2.75, 3.05) is 0 Å². The highest BCUT2D eigenvalue weighted by Crippen LogP contribution is 2.36. The molecule has 0 radical (unpaired) electrons. The normalized spacial score (nSPS) is 11.2. The molecule has 0 saturated heterocycles. The molecule has 0 fully saturated rings. The first-order chi connectivity index (χ1) is 8.16. The van der Waals surface area contributed by atoms with E-state index in [9.17, 15) is 8.78 Å². The SMILES string of the molecule is Cc1csc(-c2c(F)c(F)cc3csnc23)c1. The minimum atomic E-state index is -0.821. The van der Waals surface area contributed by atoms with Crippen LogP contribution in [-0.4, -0.2) is 4.37 Å². The maximum Gasteiger partial charge on any atom is 0.169 e. The quantitative estimate of drug-likeness (QED) is 0.627. The van der Waals surface area contributed by atoms with Gasteiger partial charge in [-0.2, -0.15) is 4.37 Å². The van der Waals surface area contributed by atoms with Crippen molar-refractivity contribution in [3.8, 4) is 10.4 Å². The first-order valence-corrected chi connectivity index (χ1v) is 6.66. The third-order valence-corrected chi connectivity index (χ3v) is 4.24. The van der Waals surface area contributed by atoms with Gasteiger partial charge >= 0.3 is 0 Å². The number of hydrogen-bond donors (Lipinski definition) is 0. The van der Waals surface area contributed by atoms with E-state index >= 15 is 0 Å². The monoisotopic (exact) mass is 267 g/mol. The van der Waals surface area contributed by atoms with Crippen molar-refractivity contribution >= 4 is 33.8 Å². The fourth-order valence-electron chi connectivity index (χ4n) is 1.75. The Bertz CT molecular complexity index is 700. The highest BCUT2D eigenvalue weighted by molar-refractivity contribution is 7.13. The van der Waals surface area contributed by atoms with E-state index in [4.69, 9.17) is 0 Å². The molecule has 0 N–H and O–H groups in total. The van der Waals surface area contributed by atoms with Crippen LogP contribution in [0.2, 0.25) is 0 Å². The summed E-state index contributed by atoms with van der Waals surface area (Å²) in [5, 5.41) is 4.29. The lowest BCUT2D eigenvalue weighted by Gasteiger charge is -2.02. The molecule has 0 bridgehead atoms. The number of benzene rings is 1. The average Bonchev–Trinajstić information content (AvgIpc) is 2.89. The molecule has 0 amide bonds. The third kappa shape index (κ3) is 1.66. The van der Waals surface area contributed by atoms with Crippen LogP contribution in [0.3, 0.4) is 0 Å². The van der Waals surface area contributed by atoms with Gasteiger partial charge in [-0.3, -0.25) is 0 Å². The molecule has 0 unspecified atom stereocenters. The molecule has 0 saturated carbocycles. The number of nitrogens with zero attached hydrogens (tertiary/aromatic N) is 1. The highest BCUT2D eigenvalue weighted by Gasteiger charge is 2.18. The molecular weight excluding hydrogens is 260 g/mol. The first kappa shape index (κ1) is 10.8. The van der Waals surface area contributed by atoms with Gasteiger partial charge in [0.2, 0.25) is 0 Å². The molecular formula is C12H7F2NS2. The average molecular weight is 267 g/mol. The zero-order chi connectivity index (χ0) is 12.0. The van der Waals surface area contributed by atoms with Gasteiger partial charge in [0.1, 0.15) is 0 Å². The van der Waals surface area contributed by atoms with Crippen LogP contribution in [0, 0.1) is 18.6 Å². The largest absolute Gasteiger partial charge is 0.204 e. The Morgan fingerprint density at radius 1 is 1.18 bits per heavy atom. The van der Waals surface area contributed by atoms with E-state index in [2.05, 4.69) is 4.37 Å². The summed E-state index contributed by atoms with van der Waals surface area (Å²) in [5.41, 5.74) is 1.85. The van der Waals surface area contributed by atoms with Gasteiger partial charge in [-0.1, -0.05) is 0 Å². The highest BCUT2D eigenvalue weighted by atomic mass is 32.1. The number of rotatable bonds is 1. The van der Waals surface area contributed by atoms with E-state index in [1.807, 2.05) is 18.4 Å². The van der Waals surface area contributed by atoms with Crippen LogP contribution in [-0.2, 0) is 0 Å². The molecule has 1 aromatic carbocycles. The van der Waals surface area contributed by atoms with Crippen LogP contribution in [0.1, 0.15) is 5.56 Å². The van der Waals surface area contributed by atoms with Crippen LogP contribution in [0.25, 0.3) is 21.3 Å². The summed E-state index contributed by atoms with van der Waals surface area (Å²) >= 11 is 2.61. The Morgan fingerprint density at radius 2 is 2.00 bits per heavy atom. The molecule has 3 aromatic rings. The Morgan fingerprint density at radius 3 is 2.71 bits per heavy atom. The van der Waals surface area contributed by atoms with Gasteiger partial charge in [0.05, 0.1) is 11.1 Å². The van der Waals surface area contributed by atoms with E-state index in [1.54, 1.807) is 5.38 Å². The standard InChI is InChI=1S/C12H7F2NS2/c1-6-2-9(16-4-6)10-11(14)8(13)3-7-5-17-15-12(7)10/h2-5H,1H3. The maximum absolute atomic E-state index is 13.9. The van der Waals surface area contributed by atoms with Crippen LogP contribution >= 0.6 is 22.9 Å². The van der Waals surface area contributed by atoms with Gasteiger partial charge in [-0.15, -0.1) is 11.3 Å². The molecule has 0 spiro atoms. The minimum absolute atomic E-state index is 0.277. The summed E-state index contributed by atoms with van der Waals surface area (Å²) in [6, 6.07) is 3.04. The van der Waals surface area contributed by atoms with Crippen LogP contribution in [0.15, 0.2) is 22.9 Å². The number of halogens is 2. The van der Waals surface area contributed by atoms with Crippen molar-refractivity contribution in [3.63, 3.8) is 0 Å². The lowest BCUT2D eigenvalue weighted by Crippen LogP contribution is -1.89. The minimum Gasteiger partial charge on any atom is -0.204 e. The van der Waals surface area contributed by atoms with Crippen LogP contribution < -0.4 is 0 Å². The molecule has 2 heterocycles. The molecule has 0 atom stereocenters. The van der Waals surface area contributed by atoms with E-state index in [0.29, 0.717) is 10.9 Å². The number of aryl methyl sites for hydroxylation is 1. The van der Waals surface area contributed by atoms with Crippen molar-refractivity contribution in [2.24, 2.45) is 0 Å². The van der Waals surface area contributed by atoms with Crippen LogP contribution in [0.5, 0.6) is 0 Å². The van der Waals surface area contributed by atoms with Crippen molar-refractivity contribution in [2.45, 2.75) is 6.92 Å². The zero-order valence-electron chi connectivity index (χ0n) is 8.83.